The third-order valence-electron chi connectivity index (χ3n) is 3.77. The lowest BCUT2D eigenvalue weighted by atomic mass is 10.1. The monoisotopic (exact) mass is 524 g/mol. The normalized spacial score (nSPS) is 28.5. The van der Waals surface area contributed by atoms with E-state index in [1.807, 2.05) is 0 Å². The number of fused-ring (bicyclic) bond motifs is 1. The molecule has 17 nitrogen and oxygen atoms in total. The molecule has 1 aliphatic rings. The molecule has 1 aliphatic heterocycles. The van der Waals surface area contributed by atoms with Crippen LogP contribution in [0.25, 0.3) is 11.2 Å². The van der Waals surface area contributed by atoms with Gasteiger partial charge in [0.1, 0.15) is 23.8 Å². The van der Waals surface area contributed by atoms with Crippen LogP contribution in [-0.2, 0) is 31.6 Å². The highest BCUT2D eigenvalue weighted by molar-refractivity contribution is 7.71. The van der Waals surface area contributed by atoms with Gasteiger partial charge in [-0.3, -0.25) is 9.09 Å². The van der Waals surface area contributed by atoms with Crippen LogP contribution in [0.1, 0.15) is 6.23 Å². The molecular weight excluding hydrogens is 509 g/mol. The second-order valence-electron chi connectivity index (χ2n) is 6.00. The summed E-state index contributed by atoms with van der Waals surface area (Å²) in [5.74, 6) is 0. The Labute approximate surface area is 176 Å². The highest BCUT2D eigenvalue weighted by atomic mass is 32.1. The van der Waals surface area contributed by atoms with Crippen LogP contribution < -0.4 is 0 Å². The van der Waals surface area contributed by atoms with E-state index in [4.69, 9.17) is 31.6 Å². The summed E-state index contributed by atoms with van der Waals surface area (Å²) < 4.78 is 51.8. The van der Waals surface area contributed by atoms with Gasteiger partial charge in [-0.2, -0.15) is 8.62 Å². The molecule has 1 saturated heterocycles. The number of nitrogens with zero attached hydrogens (tertiary/aromatic N) is 3. The predicted octanol–water partition coefficient (Wildman–Crippen LogP) is -0.549. The summed E-state index contributed by atoms with van der Waals surface area (Å²) >= 11 is 5.10. The second kappa shape index (κ2) is 8.78. The Morgan fingerprint density at radius 1 is 1.13 bits per heavy atom. The van der Waals surface area contributed by atoms with Gasteiger partial charge in [0.2, 0.25) is 4.77 Å². The number of hydrogen-bond acceptors (Lipinski definition) is 12. The van der Waals surface area contributed by atoms with E-state index in [0.29, 0.717) is 11.2 Å². The van der Waals surface area contributed by atoms with Crippen LogP contribution in [-0.4, -0.2) is 74.2 Å². The summed E-state index contributed by atoms with van der Waals surface area (Å²) in [6.45, 7) is -0.955. The Bertz CT molecular complexity index is 1160. The van der Waals surface area contributed by atoms with E-state index in [0.717, 1.165) is 0 Å². The fraction of sp³-hybridized carbons (Fsp3) is 0.500. The van der Waals surface area contributed by atoms with Gasteiger partial charge in [-0.25, -0.2) is 23.7 Å². The van der Waals surface area contributed by atoms with Crippen LogP contribution in [0.5, 0.6) is 0 Å². The summed E-state index contributed by atoms with van der Waals surface area (Å²) in [5, 5.41) is 20.4. The topological polar surface area (TPSA) is 256 Å². The zero-order chi connectivity index (χ0) is 23.2. The predicted molar refractivity (Wildman–Crippen MR) is 98.5 cm³/mol. The van der Waals surface area contributed by atoms with Crippen LogP contribution in [0.15, 0.2) is 12.5 Å². The summed E-state index contributed by atoms with van der Waals surface area (Å²) in [7, 11) is -16.7. The molecule has 3 rings (SSSR count). The molecule has 2 aromatic heterocycles. The van der Waals surface area contributed by atoms with Gasteiger partial charge in [-0.15, -0.1) is 0 Å². The molecule has 3 unspecified atom stereocenters. The first-order valence-electron chi connectivity index (χ1n) is 7.90. The van der Waals surface area contributed by atoms with Gasteiger partial charge in [0.25, 0.3) is 0 Å². The number of nitrogens with one attached hydrogen (secondary N) is 1. The van der Waals surface area contributed by atoms with Crippen LogP contribution in [0.2, 0.25) is 0 Å². The lowest BCUT2D eigenvalue weighted by molar-refractivity contribution is -0.0531. The van der Waals surface area contributed by atoms with Gasteiger partial charge in [-0.1, -0.05) is 0 Å². The fourth-order valence-corrected chi connectivity index (χ4v) is 5.85. The molecule has 1 fully saturated rings. The third-order valence-corrected chi connectivity index (χ3v) is 7.87. The van der Waals surface area contributed by atoms with E-state index in [1.54, 1.807) is 0 Å². The van der Waals surface area contributed by atoms with E-state index >= 15 is 0 Å². The Morgan fingerprint density at radius 3 is 2.45 bits per heavy atom. The van der Waals surface area contributed by atoms with Gasteiger partial charge in [0.15, 0.2) is 11.9 Å². The Morgan fingerprint density at radius 2 is 1.81 bits per heavy atom. The quantitative estimate of drug-likeness (QED) is 0.169. The molecule has 3 heterocycles. The minimum Gasteiger partial charge on any atom is -0.387 e. The number of rotatable bonds is 8. The average Bonchev–Trinajstić information content (AvgIpc) is 3.14. The second-order valence-corrected chi connectivity index (χ2v) is 10.8. The first kappa shape index (κ1) is 24.7. The molecule has 31 heavy (non-hydrogen) atoms. The minimum atomic E-state index is -5.70. The zero-order valence-corrected chi connectivity index (χ0v) is 18.3. The van der Waals surface area contributed by atoms with Crippen molar-refractivity contribution in [1.29, 1.82) is 0 Å². The van der Waals surface area contributed by atoms with Gasteiger partial charge >= 0.3 is 23.5 Å². The van der Waals surface area contributed by atoms with E-state index in [-0.39, 0.29) is 4.77 Å². The van der Waals surface area contributed by atoms with E-state index < -0.39 is 54.6 Å². The maximum atomic E-state index is 11.8. The number of H-pyrrole nitrogens is 1. The van der Waals surface area contributed by atoms with Crippen molar-refractivity contribution < 1.29 is 61.4 Å². The number of hydrogen-bond donors (Lipinski definition) is 7. The SMILES string of the molecule is O=P(O)(O)OP(=O)(O)OP(=O)(O)OC[C@H]1O[C@@H](n2cc3nc[nH]c3nc2=S)[C@@H](O)C1O. The Balaban J connectivity index is 1.69. The maximum Gasteiger partial charge on any atom is 0.490 e. The Kier molecular flexibility index (Phi) is 6.99. The molecule has 7 N–H and O–H groups in total. The first-order valence-corrected chi connectivity index (χ1v) is 12.8. The number of phosphoric acid groups is 3. The maximum absolute atomic E-state index is 11.8. The first-order chi connectivity index (χ1) is 14.2. The lowest BCUT2D eigenvalue weighted by Crippen LogP contribution is -2.33. The molecule has 0 aliphatic carbocycles. The molecule has 2 aromatic rings. The van der Waals surface area contributed by atoms with E-state index in [1.165, 1.54) is 17.1 Å². The smallest absolute Gasteiger partial charge is 0.387 e. The van der Waals surface area contributed by atoms with Crippen molar-refractivity contribution in [3.63, 3.8) is 0 Å². The van der Waals surface area contributed by atoms with Crippen LogP contribution in [0.3, 0.4) is 0 Å². The van der Waals surface area contributed by atoms with Crippen LogP contribution in [0.4, 0.5) is 0 Å². The number of aliphatic hydroxyl groups is 2. The number of ether oxygens (including phenoxy) is 1. The Hall–Kier alpha value is -0.940. The lowest BCUT2D eigenvalue weighted by Gasteiger charge is -2.19. The van der Waals surface area contributed by atoms with Gasteiger partial charge in [0.05, 0.1) is 12.9 Å². The molecule has 0 amide bonds. The number of aliphatic hydroxyl groups excluding tert-OH is 2. The fourth-order valence-electron chi connectivity index (χ4n) is 2.57. The van der Waals surface area contributed by atoms with Crippen molar-refractivity contribution in [1.82, 2.24) is 19.5 Å². The van der Waals surface area contributed by atoms with Crippen molar-refractivity contribution in [2.24, 2.45) is 0 Å². The average molecular weight is 524 g/mol. The van der Waals surface area contributed by atoms with Crippen molar-refractivity contribution in [3.8, 4) is 0 Å². The number of imidazole rings is 1. The number of aromatic nitrogens is 4. The third kappa shape index (κ3) is 6.10. The van der Waals surface area contributed by atoms with Gasteiger partial charge < -0.3 is 39.5 Å². The van der Waals surface area contributed by atoms with Gasteiger partial charge in [0, 0.05) is 6.20 Å². The molecule has 0 saturated carbocycles. The van der Waals surface area contributed by atoms with Crippen LogP contribution >= 0.6 is 35.7 Å². The van der Waals surface area contributed by atoms with Crippen molar-refractivity contribution >= 4 is 46.8 Å². The highest BCUT2D eigenvalue weighted by Crippen LogP contribution is 2.66. The van der Waals surface area contributed by atoms with Gasteiger partial charge in [-0.05, 0) is 12.2 Å². The molecule has 0 radical (unpaired) electrons. The van der Waals surface area contributed by atoms with E-state index in [2.05, 4.69) is 28.1 Å². The molecule has 21 heteroatoms. The number of phosphoric ester groups is 1. The summed E-state index contributed by atoms with van der Waals surface area (Å²) in [6.07, 6.45) is -3.30. The molecule has 174 valence electrons. The molecular formula is C10H15N4O13P3S. The van der Waals surface area contributed by atoms with Crippen molar-refractivity contribution in [2.75, 3.05) is 6.61 Å². The minimum absolute atomic E-state index is 0.0541. The number of aromatic amines is 1. The highest BCUT2D eigenvalue weighted by Gasteiger charge is 2.46. The summed E-state index contributed by atoms with van der Waals surface area (Å²) in [6, 6.07) is 0. The van der Waals surface area contributed by atoms with Crippen LogP contribution in [0, 0.1) is 4.77 Å². The summed E-state index contributed by atoms with van der Waals surface area (Å²) in [4.78, 5) is 46.3. The standard InChI is InChI=1S/C10H15N4O13P3S/c15-6-5(2-24-29(20,21)27-30(22,23)26-28(17,18)19)25-9(7(6)16)14-1-4-8(12-3-11-4)13-10(14)31/h1,3,5-7,9,15-16H,2H2,(H,20,21)(H,22,23)(H2,17,18,19)(H,11,12,13,31)/t5-,6?,7+,9-/m1/s1. The zero-order valence-electron chi connectivity index (χ0n) is 14.8. The molecule has 0 bridgehead atoms. The van der Waals surface area contributed by atoms with E-state index in [9.17, 15) is 28.8 Å². The van der Waals surface area contributed by atoms with Crippen molar-refractivity contribution in [2.45, 2.75) is 24.5 Å². The molecule has 0 spiro atoms. The van der Waals surface area contributed by atoms with Crippen molar-refractivity contribution in [3.05, 3.63) is 17.3 Å². The summed E-state index contributed by atoms with van der Waals surface area (Å²) in [5.41, 5.74) is 0.717. The largest absolute Gasteiger partial charge is 0.490 e. The molecule has 0 aromatic carbocycles. The molecule has 6 atom stereocenters.